The molecule has 1 amide bonds. The molecule has 8 heteroatoms. The molecular weight excluding hydrogens is 333 g/mol. The summed E-state index contributed by atoms with van der Waals surface area (Å²) in [6.07, 6.45) is 0. The van der Waals surface area contributed by atoms with Gasteiger partial charge in [-0.25, -0.2) is 22.0 Å². The second-order valence-corrected chi connectivity index (χ2v) is 4.88. The molecule has 2 aromatic carbocycles. The highest BCUT2D eigenvalue weighted by atomic mass is 19.2. The van der Waals surface area contributed by atoms with E-state index in [0.29, 0.717) is 11.1 Å². The van der Waals surface area contributed by atoms with Crippen LogP contribution in [0.4, 0.5) is 22.0 Å². The van der Waals surface area contributed by atoms with Gasteiger partial charge in [0.1, 0.15) is 5.56 Å². The largest absolute Gasteiger partial charge is 0.348 e. The first-order valence-corrected chi connectivity index (χ1v) is 6.63. The lowest BCUT2D eigenvalue weighted by molar-refractivity contribution is 0.0938. The average molecular weight is 343 g/mol. The van der Waals surface area contributed by atoms with Crippen LogP contribution in [0.1, 0.15) is 33.2 Å². The maximum atomic E-state index is 13.5. The fourth-order valence-corrected chi connectivity index (χ4v) is 1.93. The van der Waals surface area contributed by atoms with Crippen LogP contribution in [0.5, 0.6) is 0 Å². The molecule has 0 saturated heterocycles. The summed E-state index contributed by atoms with van der Waals surface area (Å²) in [4.78, 5) is 22.9. The number of hydrogen-bond acceptors (Lipinski definition) is 2. The predicted molar refractivity (Wildman–Crippen MR) is 73.8 cm³/mol. The van der Waals surface area contributed by atoms with E-state index in [4.69, 9.17) is 0 Å². The van der Waals surface area contributed by atoms with Crippen molar-refractivity contribution < 1.29 is 31.5 Å². The van der Waals surface area contributed by atoms with Gasteiger partial charge in [0.05, 0.1) is 0 Å². The highest BCUT2D eigenvalue weighted by Gasteiger charge is 2.29. The number of hydrogen-bond donors (Lipinski definition) is 1. The molecule has 0 fully saturated rings. The predicted octanol–water partition coefficient (Wildman–Crippen LogP) is 3.51. The number of carbonyl (C=O) groups excluding carboxylic acids is 2. The maximum absolute atomic E-state index is 13.5. The highest BCUT2D eigenvalue weighted by Crippen LogP contribution is 2.23. The Hall–Kier alpha value is -2.77. The Morgan fingerprint density at radius 1 is 0.833 bits per heavy atom. The fourth-order valence-electron chi connectivity index (χ4n) is 1.93. The quantitative estimate of drug-likeness (QED) is 0.400. The number of nitrogens with one attached hydrogen (secondary N) is 1. The van der Waals surface area contributed by atoms with Crippen molar-refractivity contribution in [3.8, 4) is 0 Å². The first-order valence-electron chi connectivity index (χ1n) is 6.63. The summed E-state index contributed by atoms with van der Waals surface area (Å²) in [7, 11) is 0. The van der Waals surface area contributed by atoms with Crippen LogP contribution in [-0.2, 0) is 6.54 Å². The van der Waals surface area contributed by atoms with Crippen molar-refractivity contribution in [3.63, 3.8) is 0 Å². The zero-order valence-electron chi connectivity index (χ0n) is 12.2. The summed E-state index contributed by atoms with van der Waals surface area (Å²) in [5.41, 5.74) is -0.658. The topological polar surface area (TPSA) is 46.2 Å². The number of carbonyl (C=O) groups is 2. The zero-order chi connectivity index (χ0) is 18.0. The number of benzene rings is 2. The lowest BCUT2D eigenvalue weighted by Crippen LogP contribution is -2.26. The number of Topliss-reactive ketones (excluding diaryl/α,β-unsaturated/α-hetero) is 1. The van der Waals surface area contributed by atoms with Gasteiger partial charge in [-0.3, -0.25) is 9.59 Å². The summed E-state index contributed by atoms with van der Waals surface area (Å²) < 4.78 is 66.1. The van der Waals surface area contributed by atoms with Crippen molar-refractivity contribution in [2.24, 2.45) is 0 Å². The van der Waals surface area contributed by atoms with Gasteiger partial charge < -0.3 is 5.32 Å². The number of halogens is 5. The van der Waals surface area contributed by atoms with Crippen LogP contribution in [-0.4, -0.2) is 11.7 Å². The molecular formula is C16H10F5NO2. The third-order valence-corrected chi connectivity index (χ3v) is 3.25. The van der Waals surface area contributed by atoms with E-state index in [2.05, 4.69) is 5.32 Å². The number of rotatable bonds is 4. The van der Waals surface area contributed by atoms with E-state index in [1.165, 1.54) is 31.2 Å². The molecule has 3 nitrogen and oxygen atoms in total. The van der Waals surface area contributed by atoms with Gasteiger partial charge in [-0.2, -0.15) is 0 Å². The molecule has 126 valence electrons. The van der Waals surface area contributed by atoms with Crippen molar-refractivity contribution in [2.45, 2.75) is 13.5 Å². The lowest BCUT2D eigenvalue weighted by atomic mass is 10.1. The van der Waals surface area contributed by atoms with Crippen molar-refractivity contribution in [1.82, 2.24) is 5.32 Å². The van der Waals surface area contributed by atoms with Gasteiger partial charge in [-0.1, -0.05) is 24.3 Å². The third kappa shape index (κ3) is 3.27. The van der Waals surface area contributed by atoms with Gasteiger partial charge in [0, 0.05) is 12.1 Å². The zero-order valence-corrected chi connectivity index (χ0v) is 12.2. The Bertz CT molecular complexity index is 789. The van der Waals surface area contributed by atoms with Gasteiger partial charge in [-0.15, -0.1) is 0 Å². The smallest absolute Gasteiger partial charge is 0.257 e. The lowest BCUT2D eigenvalue weighted by Gasteiger charge is -2.09. The van der Waals surface area contributed by atoms with E-state index in [0.717, 1.165) is 0 Å². The Morgan fingerprint density at radius 3 is 1.75 bits per heavy atom. The van der Waals surface area contributed by atoms with Gasteiger partial charge in [0.2, 0.25) is 5.82 Å². The van der Waals surface area contributed by atoms with Gasteiger partial charge in [0.25, 0.3) is 5.91 Å². The van der Waals surface area contributed by atoms with Crippen LogP contribution in [0.3, 0.4) is 0 Å². The first kappa shape index (κ1) is 17.6. The summed E-state index contributed by atoms with van der Waals surface area (Å²) in [5, 5.41) is 2.06. The Morgan fingerprint density at radius 2 is 1.29 bits per heavy atom. The molecule has 0 heterocycles. The summed E-state index contributed by atoms with van der Waals surface area (Å²) in [6, 6.07) is 5.91. The molecule has 0 atom stereocenters. The Balaban J connectivity index is 2.20. The molecule has 0 spiro atoms. The number of ketones is 1. The van der Waals surface area contributed by atoms with Crippen LogP contribution in [0.25, 0.3) is 0 Å². The minimum atomic E-state index is -2.33. The van der Waals surface area contributed by atoms with E-state index >= 15 is 0 Å². The van der Waals surface area contributed by atoms with Crippen molar-refractivity contribution >= 4 is 11.7 Å². The standard InChI is InChI=1S/C16H10F5NO2/c1-7(23)9-4-2-8(3-5-9)6-22-16(24)10-11(17)13(19)15(21)14(20)12(10)18/h2-5H,6H2,1H3,(H,22,24). The second kappa shape index (κ2) is 6.77. The molecule has 0 aromatic heterocycles. The SMILES string of the molecule is CC(=O)c1ccc(CNC(=O)c2c(F)c(F)c(F)c(F)c2F)cc1. The normalized spacial score (nSPS) is 10.6. The average Bonchev–Trinajstić information content (AvgIpc) is 2.57. The molecule has 0 saturated carbocycles. The highest BCUT2D eigenvalue weighted by molar-refractivity contribution is 5.95. The van der Waals surface area contributed by atoms with Crippen molar-refractivity contribution in [2.75, 3.05) is 0 Å². The molecule has 0 bridgehead atoms. The molecule has 0 aliphatic heterocycles. The molecule has 2 aromatic rings. The van der Waals surface area contributed by atoms with Crippen LogP contribution in [0.2, 0.25) is 0 Å². The van der Waals surface area contributed by atoms with Crippen LogP contribution < -0.4 is 5.32 Å². The van der Waals surface area contributed by atoms with Gasteiger partial charge in [0.15, 0.2) is 29.1 Å². The molecule has 2 rings (SSSR count). The molecule has 0 aliphatic carbocycles. The van der Waals surface area contributed by atoms with Crippen LogP contribution in [0.15, 0.2) is 24.3 Å². The molecule has 1 N–H and O–H groups in total. The fraction of sp³-hybridized carbons (Fsp3) is 0.125. The molecule has 0 unspecified atom stereocenters. The molecule has 0 radical (unpaired) electrons. The van der Waals surface area contributed by atoms with Crippen LogP contribution >= 0.6 is 0 Å². The van der Waals surface area contributed by atoms with Crippen LogP contribution in [0, 0.1) is 29.1 Å². The molecule has 24 heavy (non-hydrogen) atoms. The van der Waals surface area contributed by atoms with Crippen molar-refractivity contribution in [1.29, 1.82) is 0 Å². The minimum Gasteiger partial charge on any atom is -0.348 e. The maximum Gasteiger partial charge on any atom is 0.257 e. The van der Waals surface area contributed by atoms with E-state index in [-0.39, 0.29) is 12.3 Å². The summed E-state index contributed by atoms with van der Waals surface area (Å²) >= 11 is 0. The minimum absolute atomic E-state index is 0.174. The van der Waals surface area contributed by atoms with E-state index in [1.54, 1.807) is 0 Å². The second-order valence-electron chi connectivity index (χ2n) is 4.88. The van der Waals surface area contributed by atoms with E-state index < -0.39 is 40.6 Å². The first-order chi connectivity index (χ1) is 11.2. The summed E-state index contributed by atoms with van der Waals surface area (Å²) in [6.45, 7) is 1.14. The monoisotopic (exact) mass is 343 g/mol. The Kier molecular flexibility index (Phi) is 4.96. The third-order valence-electron chi connectivity index (χ3n) is 3.25. The number of amides is 1. The Labute approximate surface area is 133 Å². The summed E-state index contributed by atoms with van der Waals surface area (Å²) in [5.74, 6) is -12.7. The van der Waals surface area contributed by atoms with Gasteiger partial charge >= 0.3 is 0 Å². The molecule has 0 aliphatic rings. The van der Waals surface area contributed by atoms with E-state index in [9.17, 15) is 31.5 Å². The van der Waals surface area contributed by atoms with E-state index in [1.807, 2.05) is 0 Å². The van der Waals surface area contributed by atoms with Crippen molar-refractivity contribution in [3.05, 3.63) is 70.0 Å². The van der Waals surface area contributed by atoms with Gasteiger partial charge in [-0.05, 0) is 12.5 Å².